The van der Waals surface area contributed by atoms with Crippen LogP contribution in [0.5, 0.6) is 5.75 Å². The number of benzene rings is 2. The Labute approximate surface area is 160 Å². The number of aryl methyl sites for hydroxylation is 1. The molecule has 8 heteroatoms. The van der Waals surface area contributed by atoms with E-state index >= 15 is 0 Å². The molecule has 0 bridgehead atoms. The van der Waals surface area contributed by atoms with Crippen molar-refractivity contribution in [1.29, 1.82) is 0 Å². The molecule has 0 saturated carbocycles. The highest BCUT2D eigenvalue weighted by molar-refractivity contribution is 5.99. The van der Waals surface area contributed by atoms with Gasteiger partial charge in [0, 0.05) is 18.3 Å². The average molecular weight is 387 g/mol. The number of ether oxygens (including phenoxy) is 1. The van der Waals surface area contributed by atoms with Crippen LogP contribution in [0.3, 0.4) is 0 Å². The van der Waals surface area contributed by atoms with Crippen molar-refractivity contribution >= 4 is 23.2 Å². The van der Waals surface area contributed by atoms with E-state index < -0.39 is 23.6 Å². The molecule has 2 aromatic carbocycles. The second kappa shape index (κ2) is 7.10. The molecule has 6 nitrogen and oxygen atoms in total. The van der Waals surface area contributed by atoms with Crippen molar-refractivity contribution in [1.82, 2.24) is 0 Å². The molecule has 2 amide bonds. The molecular formula is C20H19F2N3O3. The Hall–Kier alpha value is -3.16. The van der Waals surface area contributed by atoms with Gasteiger partial charge in [0.2, 0.25) is 5.91 Å². The summed E-state index contributed by atoms with van der Waals surface area (Å²) in [6.07, 6.45) is 0.412. The second-order valence-electron chi connectivity index (χ2n) is 6.90. The number of halogens is 2. The number of carbonyl (C=O) groups excluding carboxylic acids is 2. The Kier molecular flexibility index (Phi) is 4.62. The number of nitrogens with zero attached hydrogens (tertiary/aromatic N) is 2. The average Bonchev–Trinajstić information content (AvgIpc) is 2.68. The maximum absolute atomic E-state index is 13.7. The first-order chi connectivity index (χ1) is 13.4. The lowest BCUT2D eigenvalue weighted by Gasteiger charge is -2.36. The molecule has 4 rings (SSSR count). The quantitative estimate of drug-likeness (QED) is 0.874. The normalized spacial score (nSPS) is 18.1. The highest BCUT2D eigenvalue weighted by atomic mass is 19.2. The minimum Gasteiger partial charge on any atom is -0.477 e. The molecule has 2 N–H and O–H groups in total. The summed E-state index contributed by atoms with van der Waals surface area (Å²) < 4.78 is 32.9. The Bertz CT molecular complexity index is 950. The molecule has 0 aromatic heterocycles. The zero-order valence-electron chi connectivity index (χ0n) is 15.0. The van der Waals surface area contributed by atoms with E-state index in [1.807, 2.05) is 0 Å². The van der Waals surface area contributed by atoms with Crippen LogP contribution in [0, 0.1) is 11.6 Å². The highest BCUT2D eigenvalue weighted by Crippen LogP contribution is 2.34. The van der Waals surface area contributed by atoms with Crippen LogP contribution in [0.15, 0.2) is 36.4 Å². The topological polar surface area (TPSA) is 75.9 Å². The van der Waals surface area contributed by atoms with Gasteiger partial charge in [-0.1, -0.05) is 12.1 Å². The van der Waals surface area contributed by atoms with Crippen molar-refractivity contribution in [2.45, 2.75) is 18.9 Å². The predicted octanol–water partition coefficient (Wildman–Crippen LogP) is 2.00. The number of hydrogen-bond acceptors (Lipinski definition) is 4. The van der Waals surface area contributed by atoms with Crippen LogP contribution < -0.4 is 20.3 Å². The number of para-hydroxylation sites is 2. The number of carbonyl (C=O) groups is 2. The van der Waals surface area contributed by atoms with E-state index in [1.54, 1.807) is 29.2 Å². The van der Waals surface area contributed by atoms with Crippen LogP contribution in [0.25, 0.3) is 0 Å². The third-order valence-corrected chi connectivity index (χ3v) is 5.05. The predicted molar refractivity (Wildman–Crippen MR) is 99.3 cm³/mol. The number of fused-ring (bicyclic) bond motifs is 2. The summed E-state index contributed by atoms with van der Waals surface area (Å²) in [7, 11) is 0. The van der Waals surface area contributed by atoms with Crippen molar-refractivity contribution in [2.24, 2.45) is 5.73 Å². The van der Waals surface area contributed by atoms with Gasteiger partial charge in [-0.3, -0.25) is 9.59 Å². The van der Waals surface area contributed by atoms with E-state index in [-0.39, 0.29) is 19.0 Å². The first-order valence-corrected chi connectivity index (χ1v) is 9.02. The highest BCUT2D eigenvalue weighted by Gasteiger charge is 2.33. The van der Waals surface area contributed by atoms with Crippen LogP contribution in [0.1, 0.15) is 12.0 Å². The molecule has 0 saturated heterocycles. The maximum atomic E-state index is 13.7. The monoisotopic (exact) mass is 387 g/mol. The van der Waals surface area contributed by atoms with Crippen molar-refractivity contribution < 1.29 is 23.1 Å². The lowest BCUT2D eigenvalue weighted by atomic mass is 10.0. The summed E-state index contributed by atoms with van der Waals surface area (Å²) in [5, 5.41) is 0. The van der Waals surface area contributed by atoms with Gasteiger partial charge in [0.1, 0.15) is 5.75 Å². The largest absolute Gasteiger partial charge is 0.477 e. The number of anilines is 2. The van der Waals surface area contributed by atoms with E-state index in [0.717, 1.165) is 12.5 Å². The van der Waals surface area contributed by atoms with Crippen LogP contribution >= 0.6 is 0 Å². The summed E-state index contributed by atoms with van der Waals surface area (Å²) in [4.78, 5) is 27.9. The van der Waals surface area contributed by atoms with Gasteiger partial charge in [-0.25, -0.2) is 8.78 Å². The van der Waals surface area contributed by atoms with E-state index in [4.69, 9.17) is 10.5 Å². The summed E-state index contributed by atoms with van der Waals surface area (Å²) >= 11 is 0. The zero-order valence-corrected chi connectivity index (χ0v) is 15.0. The van der Waals surface area contributed by atoms with E-state index in [1.165, 1.54) is 11.0 Å². The van der Waals surface area contributed by atoms with Crippen LogP contribution in [-0.2, 0) is 16.0 Å². The third kappa shape index (κ3) is 3.26. The third-order valence-electron chi connectivity index (χ3n) is 5.05. The fourth-order valence-electron chi connectivity index (χ4n) is 3.68. The number of primary amides is 1. The molecule has 146 valence electrons. The summed E-state index contributed by atoms with van der Waals surface area (Å²) in [6.45, 7) is 0.524. The van der Waals surface area contributed by atoms with E-state index in [0.29, 0.717) is 35.7 Å². The van der Waals surface area contributed by atoms with Crippen LogP contribution in [0.4, 0.5) is 20.2 Å². The number of amides is 2. The molecular weight excluding hydrogens is 368 g/mol. The molecule has 1 atom stereocenters. The molecule has 0 fully saturated rings. The van der Waals surface area contributed by atoms with Crippen molar-refractivity contribution in [3.8, 4) is 5.75 Å². The smallest absolute Gasteiger partial charge is 0.260 e. The molecule has 0 aliphatic carbocycles. The molecule has 2 aliphatic rings. The van der Waals surface area contributed by atoms with Crippen molar-refractivity contribution in [3.05, 3.63) is 53.6 Å². The summed E-state index contributed by atoms with van der Waals surface area (Å²) in [5.41, 5.74) is 7.12. The molecule has 0 radical (unpaired) electrons. The van der Waals surface area contributed by atoms with Gasteiger partial charge >= 0.3 is 0 Å². The van der Waals surface area contributed by atoms with Gasteiger partial charge in [0.15, 0.2) is 17.7 Å². The fraction of sp³-hybridized carbons (Fsp3) is 0.300. The number of hydrogen-bond donors (Lipinski definition) is 1. The maximum Gasteiger partial charge on any atom is 0.260 e. The van der Waals surface area contributed by atoms with Gasteiger partial charge < -0.3 is 20.3 Å². The van der Waals surface area contributed by atoms with Crippen molar-refractivity contribution in [3.63, 3.8) is 0 Å². The van der Waals surface area contributed by atoms with E-state index in [9.17, 15) is 18.4 Å². The second-order valence-corrected chi connectivity index (χ2v) is 6.90. The lowest BCUT2D eigenvalue weighted by molar-refractivity contribution is -0.125. The number of rotatable bonds is 3. The van der Waals surface area contributed by atoms with Crippen LogP contribution in [0.2, 0.25) is 0 Å². The van der Waals surface area contributed by atoms with Gasteiger partial charge in [-0.2, -0.15) is 0 Å². The fourth-order valence-corrected chi connectivity index (χ4v) is 3.68. The summed E-state index contributed by atoms with van der Waals surface area (Å²) in [5.74, 6) is -2.37. The van der Waals surface area contributed by atoms with Gasteiger partial charge in [-0.05, 0) is 36.6 Å². The lowest BCUT2D eigenvalue weighted by Crippen LogP contribution is -2.52. The molecule has 28 heavy (non-hydrogen) atoms. The molecule has 2 aromatic rings. The standard InChI is InChI=1S/C20H19F2N3O3/c21-13-8-12-4-3-7-24(16(12)9-14(13)22)11-19(26)25-10-18(20(23)27)28-17-6-2-1-5-15(17)25/h1-2,5-6,8-9,18H,3-4,7,10-11H2,(H2,23,27)/t18-/m1/s1. The molecule has 2 heterocycles. The first-order valence-electron chi connectivity index (χ1n) is 9.02. The van der Waals surface area contributed by atoms with Gasteiger partial charge in [0.05, 0.1) is 18.8 Å². The zero-order chi connectivity index (χ0) is 19.8. The molecule has 0 unspecified atom stereocenters. The van der Waals surface area contributed by atoms with Gasteiger partial charge in [0.25, 0.3) is 5.91 Å². The summed E-state index contributed by atoms with van der Waals surface area (Å²) in [6, 6.07) is 9.22. The Morgan fingerprint density at radius 2 is 1.89 bits per heavy atom. The van der Waals surface area contributed by atoms with E-state index in [2.05, 4.69) is 0 Å². The SMILES string of the molecule is NC(=O)[C@H]1CN(C(=O)CN2CCCc3cc(F)c(F)cc32)c2ccccc2O1. The Morgan fingerprint density at radius 3 is 2.68 bits per heavy atom. The van der Waals surface area contributed by atoms with Crippen molar-refractivity contribution in [2.75, 3.05) is 29.4 Å². The van der Waals surface area contributed by atoms with Crippen LogP contribution in [-0.4, -0.2) is 37.6 Å². The minimum atomic E-state index is -0.945. The number of nitrogens with two attached hydrogens (primary N) is 1. The molecule has 0 spiro atoms. The first kappa shape index (κ1) is 18.2. The molecule has 2 aliphatic heterocycles. The minimum absolute atomic E-state index is 0.00363. The Balaban J connectivity index is 1.61. The van der Waals surface area contributed by atoms with Gasteiger partial charge in [-0.15, -0.1) is 0 Å². The Morgan fingerprint density at radius 1 is 1.14 bits per heavy atom.